The van der Waals surface area contributed by atoms with Crippen molar-refractivity contribution in [3.63, 3.8) is 0 Å². The molecule has 0 saturated carbocycles. The number of aromatic nitrogens is 1. The van der Waals surface area contributed by atoms with Crippen LogP contribution in [0.2, 0.25) is 0 Å². The lowest BCUT2D eigenvalue weighted by Crippen LogP contribution is -1.88. The summed E-state index contributed by atoms with van der Waals surface area (Å²) in [7, 11) is 0. The average Bonchev–Trinajstić information content (AvgIpc) is 2.69. The normalized spacial score (nSPS) is 9.33. The molecule has 1 heterocycles. The van der Waals surface area contributed by atoms with Crippen molar-refractivity contribution in [2.75, 3.05) is 0 Å². The molecule has 2 heteroatoms. The first kappa shape index (κ1) is 11.5. The Kier molecular flexibility index (Phi) is 4.10. The van der Waals surface area contributed by atoms with Gasteiger partial charge in [0.05, 0.1) is 0 Å². The van der Waals surface area contributed by atoms with Gasteiger partial charge in [0.15, 0.2) is 0 Å². The fourth-order valence-corrected chi connectivity index (χ4v) is 1.28. The van der Waals surface area contributed by atoms with Crippen LogP contribution in [0.15, 0.2) is 42.7 Å². The zero-order valence-electron chi connectivity index (χ0n) is 9.37. The minimum atomic E-state index is -0.201. The van der Waals surface area contributed by atoms with Crippen molar-refractivity contribution in [1.82, 2.24) is 4.57 Å². The Morgan fingerprint density at radius 1 is 1.00 bits per heavy atom. The van der Waals surface area contributed by atoms with Gasteiger partial charge >= 0.3 is 0 Å². The minimum absolute atomic E-state index is 0.201. The van der Waals surface area contributed by atoms with Gasteiger partial charge in [-0.3, -0.25) is 0 Å². The van der Waals surface area contributed by atoms with Gasteiger partial charge < -0.3 is 4.57 Å². The van der Waals surface area contributed by atoms with Crippen LogP contribution in [0.5, 0.6) is 0 Å². The van der Waals surface area contributed by atoms with Crippen LogP contribution in [0.3, 0.4) is 0 Å². The second-order valence-electron chi connectivity index (χ2n) is 3.07. The first-order chi connectivity index (χ1) is 7.25. The highest BCUT2D eigenvalue weighted by Crippen LogP contribution is 2.10. The zero-order valence-corrected chi connectivity index (χ0v) is 9.37. The molecule has 0 aliphatic heterocycles. The molecule has 0 aliphatic carbocycles. The molecule has 0 saturated heterocycles. The highest BCUT2D eigenvalue weighted by Gasteiger charge is 1.95. The molecule has 1 nitrogen and oxygen atoms in total. The molecule has 0 atom stereocenters. The molecule has 1 aromatic carbocycles. The fraction of sp³-hybridized carbons (Fsp3) is 0.231. The fourth-order valence-electron chi connectivity index (χ4n) is 1.28. The summed E-state index contributed by atoms with van der Waals surface area (Å²) in [6.07, 6.45) is 3.97. The largest absolute Gasteiger partial charge is 0.324 e. The van der Waals surface area contributed by atoms with E-state index in [4.69, 9.17) is 0 Å². The third kappa shape index (κ3) is 2.94. The van der Waals surface area contributed by atoms with Gasteiger partial charge in [-0.05, 0) is 42.8 Å². The van der Waals surface area contributed by atoms with Gasteiger partial charge in [-0.15, -0.1) is 0 Å². The Morgan fingerprint density at radius 2 is 1.60 bits per heavy atom. The Bertz CT molecular complexity index is 401. The van der Waals surface area contributed by atoms with Crippen LogP contribution in [0.25, 0.3) is 5.69 Å². The Balaban J connectivity index is 0.000000531. The van der Waals surface area contributed by atoms with E-state index in [0.29, 0.717) is 0 Å². The number of hydrogen-bond acceptors (Lipinski definition) is 0. The molecule has 0 amide bonds. The summed E-state index contributed by atoms with van der Waals surface area (Å²) >= 11 is 0. The number of rotatable bonds is 1. The molecule has 0 unspecified atom stereocenters. The molecule has 15 heavy (non-hydrogen) atoms. The summed E-state index contributed by atoms with van der Waals surface area (Å²) < 4.78 is 14.6. The minimum Gasteiger partial charge on any atom is -0.324 e. The van der Waals surface area contributed by atoms with Crippen LogP contribution in [0.1, 0.15) is 19.4 Å². The number of aryl methyl sites for hydroxylation is 1. The molecule has 2 rings (SSSR count). The monoisotopic (exact) mass is 205 g/mol. The molecule has 0 aliphatic rings. The summed E-state index contributed by atoms with van der Waals surface area (Å²) in [5.41, 5.74) is 2.18. The maximum Gasteiger partial charge on any atom is 0.123 e. The molecule has 0 N–H and O–H groups in total. The van der Waals surface area contributed by atoms with Crippen LogP contribution in [-0.4, -0.2) is 4.57 Å². The second kappa shape index (κ2) is 5.35. The third-order valence-corrected chi connectivity index (χ3v) is 1.97. The van der Waals surface area contributed by atoms with Crippen molar-refractivity contribution >= 4 is 0 Å². The van der Waals surface area contributed by atoms with Gasteiger partial charge in [0.1, 0.15) is 5.82 Å². The topological polar surface area (TPSA) is 4.93 Å². The van der Waals surface area contributed by atoms with Crippen molar-refractivity contribution in [1.29, 1.82) is 0 Å². The van der Waals surface area contributed by atoms with E-state index in [1.807, 2.05) is 43.8 Å². The molecule has 0 bridgehead atoms. The lowest BCUT2D eigenvalue weighted by Gasteiger charge is -2.01. The first-order valence-corrected chi connectivity index (χ1v) is 5.16. The van der Waals surface area contributed by atoms with Gasteiger partial charge in [-0.25, -0.2) is 4.39 Å². The summed E-state index contributed by atoms with van der Waals surface area (Å²) in [4.78, 5) is 0. The van der Waals surface area contributed by atoms with Gasteiger partial charge in [0.25, 0.3) is 0 Å². The van der Waals surface area contributed by atoms with Crippen LogP contribution >= 0.6 is 0 Å². The lowest BCUT2D eigenvalue weighted by molar-refractivity contribution is 0.627. The van der Waals surface area contributed by atoms with E-state index >= 15 is 0 Å². The molecular formula is C13H16FN. The van der Waals surface area contributed by atoms with E-state index in [9.17, 15) is 4.39 Å². The van der Waals surface area contributed by atoms with E-state index in [1.54, 1.807) is 12.1 Å². The third-order valence-electron chi connectivity index (χ3n) is 1.97. The predicted octanol–water partition coefficient (Wildman–Crippen LogP) is 3.95. The Morgan fingerprint density at radius 3 is 2.07 bits per heavy atom. The maximum atomic E-state index is 12.6. The summed E-state index contributed by atoms with van der Waals surface area (Å²) in [5, 5.41) is 0. The quantitative estimate of drug-likeness (QED) is 0.664. The number of benzene rings is 1. The second-order valence-corrected chi connectivity index (χ2v) is 3.07. The van der Waals surface area contributed by atoms with E-state index in [0.717, 1.165) is 5.69 Å². The molecule has 80 valence electrons. The smallest absolute Gasteiger partial charge is 0.123 e. The number of hydrogen-bond donors (Lipinski definition) is 0. The summed E-state index contributed by atoms with van der Waals surface area (Å²) in [6.45, 7) is 6.03. The van der Waals surface area contributed by atoms with Crippen LogP contribution in [0.4, 0.5) is 4.39 Å². The number of nitrogens with zero attached hydrogens (tertiary/aromatic N) is 1. The molecular weight excluding hydrogens is 189 g/mol. The predicted molar refractivity (Wildman–Crippen MR) is 61.8 cm³/mol. The van der Waals surface area contributed by atoms with E-state index in [1.165, 1.54) is 17.7 Å². The van der Waals surface area contributed by atoms with Gasteiger partial charge in [-0.2, -0.15) is 0 Å². The van der Waals surface area contributed by atoms with Gasteiger partial charge in [0, 0.05) is 18.1 Å². The molecule has 0 spiro atoms. The van der Waals surface area contributed by atoms with E-state index in [2.05, 4.69) is 0 Å². The Hall–Kier alpha value is -1.57. The van der Waals surface area contributed by atoms with Crippen LogP contribution in [-0.2, 0) is 0 Å². The lowest BCUT2D eigenvalue weighted by atomic mass is 10.3. The average molecular weight is 205 g/mol. The van der Waals surface area contributed by atoms with E-state index in [-0.39, 0.29) is 5.82 Å². The van der Waals surface area contributed by atoms with Crippen molar-refractivity contribution in [2.24, 2.45) is 0 Å². The van der Waals surface area contributed by atoms with E-state index < -0.39 is 0 Å². The number of halogens is 1. The molecule has 2 aromatic rings. The van der Waals surface area contributed by atoms with Gasteiger partial charge in [0.2, 0.25) is 0 Å². The molecule has 0 fully saturated rings. The summed E-state index contributed by atoms with van der Waals surface area (Å²) in [5.74, 6) is -0.201. The van der Waals surface area contributed by atoms with Crippen molar-refractivity contribution in [3.05, 3.63) is 54.1 Å². The Labute approximate surface area is 90.2 Å². The molecule has 1 aromatic heterocycles. The van der Waals surface area contributed by atoms with Gasteiger partial charge in [-0.1, -0.05) is 13.8 Å². The van der Waals surface area contributed by atoms with Crippen molar-refractivity contribution < 1.29 is 4.39 Å². The van der Waals surface area contributed by atoms with Crippen LogP contribution in [0, 0.1) is 12.7 Å². The summed E-state index contributed by atoms with van der Waals surface area (Å²) in [6, 6.07) is 8.46. The maximum absolute atomic E-state index is 12.6. The standard InChI is InChI=1S/C11H10FN.C2H6/c1-9-6-7-13(8-9)11-4-2-10(12)3-5-11;1-2/h2-8H,1H3;1-2H3. The zero-order chi connectivity index (χ0) is 11.3. The highest BCUT2D eigenvalue weighted by molar-refractivity contribution is 5.33. The SMILES string of the molecule is CC.Cc1ccn(-c2ccc(F)cc2)c1. The van der Waals surface area contributed by atoms with Crippen molar-refractivity contribution in [3.8, 4) is 5.69 Å². The van der Waals surface area contributed by atoms with Crippen molar-refractivity contribution in [2.45, 2.75) is 20.8 Å². The first-order valence-electron chi connectivity index (χ1n) is 5.16. The van der Waals surface area contributed by atoms with Crippen LogP contribution < -0.4 is 0 Å². The molecule has 0 radical (unpaired) electrons. The highest BCUT2D eigenvalue weighted by atomic mass is 19.1.